The third kappa shape index (κ3) is 3.83. The van der Waals surface area contributed by atoms with Gasteiger partial charge in [-0.2, -0.15) is 0 Å². The number of aliphatic hydroxyl groups excluding tert-OH is 1. The number of ketones is 1. The van der Waals surface area contributed by atoms with Gasteiger partial charge >= 0.3 is 0 Å². The molecule has 1 N–H and O–H groups in total. The minimum atomic E-state index is -0.810. The summed E-state index contributed by atoms with van der Waals surface area (Å²) in [5.74, 6) is -0.301. The summed E-state index contributed by atoms with van der Waals surface area (Å²) in [5, 5.41) is 10.7. The number of hydrogen-bond acceptors (Lipinski definition) is 4. The van der Waals surface area contributed by atoms with E-state index in [-0.39, 0.29) is 17.8 Å². The van der Waals surface area contributed by atoms with E-state index >= 15 is 0 Å². The number of hydrogen-bond donors (Lipinski definition) is 1. The molecule has 1 amide bonds. The summed E-state index contributed by atoms with van der Waals surface area (Å²) < 4.78 is 6.64. The molecule has 4 rings (SSSR count). The predicted octanol–water partition coefficient (Wildman–Crippen LogP) is 5.45. The molecule has 3 aromatic rings. The highest BCUT2D eigenvalue weighted by atomic mass is 79.9. The molecule has 6 heteroatoms. The normalized spacial score (nSPS) is 16.4. The van der Waals surface area contributed by atoms with E-state index in [1.54, 1.807) is 43.3 Å². The molecule has 2 heterocycles. The zero-order chi connectivity index (χ0) is 21.3. The van der Waals surface area contributed by atoms with Crippen molar-refractivity contribution in [3.8, 4) is 0 Å². The second-order valence-corrected chi connectivity index (χ2v) is 8.09. The van der Waals surface area contributed by atoms with Crippen molar-refractivity contribution in [3.63, 3.8) is 0 Å². The molecule has 0 fully saturated rings. The molecule has 30 heavy (non-hydrogen) atoms. The molecule has 0 saturated heterocycles. The van der Waals surface area contributed by atoms with Gasteiger partial charge in [-0.05, 0) is 55.3 Å². The maximum atomic E-state index is 13.2. The fourth-order valence-electron chi connectivity index (χ4n) is 3.66. The van der Waals surface area contributed by atoms with Crippen LogP contribution in [0.2, 0.25) is 0 Å². The third-order valence-corrected chi connectivity index (χ3v) is 5.66. The number of furan rings is 1. The first kappa shape index (κ1) is 20.2. The lowest BCUT2D eigenvalue weighted by molar-refractivity contribution is -0.118. The van der Waals surface area contributed by atoms with Crippen LogP contribution in [0.1, 0.15) is 29.5 Å². The van der Waals surface area contributed by atoms with Gasteiger partial charge < -0.3 is 9.52 Å². The van der Waals surface area contributed by atoms with E-state index in [1.165, 1.54) is 4.90 Å². The first-order valence-electron chi connectivity index (χ1n) is 9.61. The highest BCUT2D eigenvalue weighted by molar-refractivity contribution is 9.10. The first-order valence-corrected chi connectivity index (χ1v) is 10.4. The van der Waals surface area contributed by atoms with Gasteiger partial charge in [0.05, 0.1) is 5.57 Å². The van der Waals surface area contributed by atoms with Crippen LogP contribution in [0, 0.1) is 6.92 Å². The van der Waals surface area contributed by atoms with Crippen molar-refractivity contribution in [1.82, 2.24) is 0 Å². The first-order chi connectivity index (χ1) is 14.5. The molecule has 0 aliphatic carbocycles. The lowest BCUT2D eigenvalue weighted by Crippen LogP contribution is -2.30. The highest BCUT2D eigenvalue weighted by Crippen LogP contribution is 2.42. The average molecular weight is 466 g/mol. The maximum Gasteiger partial charge on any atom is 0.294 e. The molecule has 1 atom stereocenters. The van der Waals surface area contributed by atoms with Crippen LogP contribution in [0.15, 0.2) is 87.0 Å². The maximum absolute atomic E-state index is 13.2. The number of benzene rings is 2. The molecule has 1 aromatic heterocycles. The number of aryl methyl sites for hydroxylation is 2. The standard InChI is InChI=1S/C24H20BrNO4/c1-15-7-14-20(30-15)22-21(19(27)13-8-16-5-3-2-4-6-16)23(28)24(29)26(22)18-11-9-17(25)10-12-18/h2-7,9-12,14,22,28H,8,13H2,1H3. The van der Waals surface area contributed by atoms with E-state index in [0.717, 1.165) is 10.0 Å². The number of nitrogens with zero attached hydrogens (tertiary/aromatic N) is 1. The monoisotopic (exact) mass is 465 g/mol. The molecule has 0 bridgehead atoms. The van der Waals surface area contributed by atoms with Gasteiger partial charge in [-0.3, -0.25) is 14.5 Å². The van der Waals surface area contributed by atoms with E-state index in [2.05, 4.69) is 15.9 Å². The highest BCUT2D eigenvalue weighted by Gasteiger charge is 2.45. The van der Waals surface area contributed by atoms with Gasteiger partial charge in [0, 0.05) is 16.6 Å². The van der Waals surface area contributed by atoms with Crippen LogP contribution in [-0.4, -0.2) is 16.8 Å². The van der Waals surface area contributed by atoms with Gasteiger partial charge in [0.1, 0.15) is 17.6 Å². The Hall–Kier alpha value is -3.12. The summed E-state index contributed by atoms with van der Waals surface area (Å²) in [6.07, 6.45) is 0.702. The number of aliphatic hydroxyl groups is 1. The third-order valence-electron chi connectivity index (χ3n) is 5.13. The Balaban J connectivity index is 1.70. The van der Waals surface area contributed by atoms with Crippen molar-refractivity contribution < 1.29 is 19.1 Å². The Kier molecular flexibility index (Phi) is 5.59. The quantitative estimate of drug-likeness (QED) is 0.525. The van der Waals surface area contributed by atoms with Crippen LogP contribution in [0.25, 0.3) is 0 Å². The summed E-state index contributed by atoms with van der Waals surface area (Å²) in [7, 11) is 0. The van der Waals surface area contributed by atoms with Crippen LogP contribution in [-0.2, 0) is 16.0 Å². The Morgan fingerprint density at radius 1 is 1.07 bits per heavy atom. The molecule has 0 spiro atoms. The number of amides is 1. The zero-order valence-electron chi connectivity index (χ0n) is 16.3. The van der Waals surface area contributed by atoms with Crippen LogP contribution < -0.4 is 4.90 Å². The zero-order valence-corrected chi connectivity index (χ0v) is 17.9. The Labute approximate surface area is 182 Å². The summed E-state index contributed by atoms with van der Waals surface area (Å²) >= 11 is 3.39. The van der Waals surface area contributed by atoms with Gasteiger partial charge in [-0.15, -0.1) is 0 Å². The van der Waals surface area contributed by atoms with Gasteiger partial charge in [0.15, 0.2) is 11.5 Å². The molecule has 1 aliphatic heterocycles. The van der Waals surface area contributed by atoms with Crippen molar-refractivity contribution >= 4 is 33.3 Å². The van der Waals surface area contributed by atoms with E-state index in [9.17, 15) is 14.7 Å². The van der Waals surface area contributed by atoms with Gasteiger partial charge in [-0.1, -0.05) is 46.3 Å². The Morgan fingerprint density at radius 2 is 1.77 bits per heavy atom. The Morgan fingerprint density at radius 3 is 2.40 bits per heavy atom. The van der Waals surface area contributed by atoms with Crippen LogP contribution in [0.3, 0.4) is 0 Å². The minimum Gasteiger partial charge on any atom is -0.503 e. The summed E-state index contributed by atoms with van der Waals surface area (Å²) in [6.45, 7) is 1.80. The molecule has 152 valence electrons. The molecule has 5 nitrogen and oxygen atoms in total. The van der Waals surface area contributed by atoms with Crippen LogP contribution in [0.5, 0.6) is 0 Å². The smallest absolute Gasteiger partial charge is 0.294 e. The van der Waals surface area contributed by atoms with Crippen molar-refractivity contribution in [3.05, 3.63) is 99.6 Å². The summed E-state index contributed by atoms with van der Waals surface area (Å²) in [4.78, 5) is 27.5. The number of Topliss-reactive ketones (excluding diaryl/α,β-unsaturated/α-hetero) is 1. The van der Waals surface area contributed by atoms with Gasteiger partial charge in [0.25, 0.3) is 5.91 Å². The van der Waals surface area contributed by atoms with E-state index in [0.29, 0.717) is 23.6 Å². The molecular formula is C24H20BrNO4. The SMILES string of the molecule is Cc1ccc(C2C(C(=O)CCc3ccccc3)=C(O)C(=O)N2c2ccc(Br)cc2)o1. The lowest BCUT2D eigenvalue weighted by Gasteiger charge is -2.25. The fraction of sp³-hybridized carbons (Fsp3) is 0.167. The molecule has 1 unspecified atom stereocenters. The lowest BCUT2D eigenvalue weighted by atomic mass is 9.96. The molecule has 1 aliphatic rings. The van der Waals surface area contributed by atoms with Crippen molar-refractivity contribution in [2.75, 3.05) is 4.90 Å². The molecule has 0 saturated carbocycles. The number of carbonyl (C=O) groups is 2. The fourth-order valence-corrected chi connectivity index (χ4v) is 3.93. The van der Waals surface area contributed by atoms with E-state index in [4.69, 9.17) is 4.42 Å². The molecular weight excluding hydrogens is 446 g/mol. The van der Waals surface area contributed by atoms with Crippen molar-refractivity contribution in [2.45, 2.75) is 25.8 Å². The number of carbonyl (C=O) groups excluding carboxylic acids is 2. The number of halogens is 1. The number of rotatable bonds is 6. The van der Waals surface area contributed by atoms with E-state index < -0.39 is 17.7 Å². The summed E-state index contributed by atoms with van der Waals surface area (Å²) in [6, 6.07) is 19.5. The van der Waals surface area contributed by atoms with Crippen molar-refractivity contribution in [1.29, 1.82) is 0 Å². The topological polar surface area (TPSA) is 70.8 Å². The second-order valence-electron chi connectivity index (χ2n) is 7.17. The molecule has 0 radical (unpaired) electrons. The average Bonchev–Trinajstić information content (AvgIpc) is 3.29. The predicted molar refractivity (Wildman–Crippen MR) is 117 cm³/mol. The summed E-state index contributed by atoms with van der Waals surface area (Å²) in [5.41, 5.74) is 1.67. The minimum absolute atomic E-state index is 0.0770. The second kappa shape index (κ2) is 8.32. The number of anilines is 1. The molecule has 2 aromatic carbocycles. The Bertz CT molecular complexity index is 1120. The van der Waals surface area contributed by atoms with Gasteiger partial charge in [-0.25, -0.2) is 0 Å². The van der Waals surface area contributed by atoms with Crippen LogP contribution in [0.4, 0.5) is 5.69 Å². The van der Waals surface area contributed by atoms with Crippen LogP contribution >= 0.6 is 15.9 Å². The van der Waals surface area contributed by atoms with Gasteiger partial charge in [0.2, 0.25) is 0 Å². The largest absolute Gasteiger partial charge is 0.503 e. The van der Waals surface area contributed by atoms with Crippen molar-refractivity contribution in [2.24, 2.45) is 0 Å². The van der Waals surface area contributed by atoms with E-state index in [1.807, 2.05) is 30.3 Å².